The van der Waals surface area contributed by atoms with Gasteiger partial charge in [0, 0.05) is 5.92 Å². The van der Waals surface area contributed by atoms with Crippen LogP contribution in [0.25, 0.3) is 0 Å². The predicted molar refractivity (Wildman–Crippen MR) is 54.9 cm³/mol. The standard InChI is InChI=1S/C12H20O2/c1-12(14-9-13)8-4-6-10-5-2-3-7-11(10)12/h9-11H,2-8H2,1H3. The molecular weight excluding hydrogens is 176 g/mol. The second kappa shape index (κ2) is 3.92. The molecule has 2 aliphatic carbocycles. The monoisotopic (exact) mass is 196 g/mol. The number of hydrogen-bond donors (Lipinski definition) is 0. The smallest absolute Gasteiger partial charge is 0.293 e. The fraction of sp³-hybridized carbons (Fsp3) is 0.917. The van der Waals surface area contributed by atoms with Crippen molar-refractivity contribution in [2.24, 2.45) is 11.8 Å². The number of hydrogen-bond acceptors (Lipinski definition) is 2. The second-order valence-electron chi connectivity index (χ2n) is 5.07. The molecule has 2 heteroatoms. The molecule has 0 radical (unpaired) electrons. The molecule has 14 heavy (non-hydrogen) atoms. The molecule has 3 atom stereocenters. The Bertz CT molecular complexity index is 212. The summed E-state index contributed by atoms with van der Waals surface area (Å²) in [6, 6.07) is 0. The Labute approximate surface area is 86.0 Å². The molecule has 2 fully saturated rings. The van der Waals surface area contributed by atoms with Crippen LogP contribution in [0.5, 0.6) is 0 Å². The average molecular weight is 196 g/mol. The third kappa shape index (κ3) is 1.67. The van der Waals surface area contributed by atoms with Crippen LogP contribution in [-0.2, 0) is 9.53 Å². The first-order chi connectivity index (χ1) is 6.76. The van der Waals surface area contributed by atoms with Gasteiger partial charge in [0.15, 0.2) is 0 Å². The minimum absolute atomic E-state index is 0.148. The van der Waals surface area contributed by atoms with Crippen LogP contribution < -0.4 is 0 Å². The van der Waals surface area contributed by atoms with Gasteiger partial charge in [-0.2, -0.15) is 0 Å². The minimum atomic E-state index is -0.148. The van der Waals surface area contributed by atoms with E-state index in [0.717, 1.165) is 12.3 Å². The minimum Gasteiger partial charge on any atom is -0.461 e. The van der Waals surface area contributed by atoms with Gasteiger partial charge in [-0.1, -0.05) is 19.3 Å². The lowest BCUT2D eigenvalue weighted by atomic mass is 9.64. The van der Waals surface area contributed by atoms with Crippen LogP contribution in [0.2, 0.25) is 0 Å². The maximum absolute atomic E-state index is 10.5. The Balaban J connectivity index is 2.11. The highest BCUT2D eigenvalue weighted by atomic mass is 16.5. The molecule has 0 aromatic heterocycles. The molecule has 0 aliphatic heterocycles. The molecule has 80 valence electrons. The number of carbonyl (C=O) groups is 1. The lowest BCUT2D eigenvalue weighted by Crippen LogP contribution is -2.46. The third-order valence-electron chi connectivity index (χ3n) is 4.26. The van der Waals surface area contributed by atoms with Crippen LogP contribution in [0.15, 0.2) is 0 Å². The van der Waals surface area contributed by atoms with Gasteiger partial charge in [0.1, 0.15) is 5.60 Å². The van der Waals surface area contributed by atoms with Gasteiger partial charge in [-0.3, -0.25) is 4.79 Å². The molecule has 0 amide bonds. The number of fused-ring (bicyclic) bond motifs is 1. The Morgan fingerprint density at radius 3 is 2.71 bits per heavy atom. The Hall–Kier alpha value is -0.530. The van der Waals surface area contributed by atoms with Crippen molar-refractivity contribution < 1.29 is 9.53 Å². The fourth-order valence-electron chi connectivity index (χ4n) is 3.51. The summed E-state index contributed by atoms with van der Waals surface area (Å²) in [5.74, 6) is 1.46. The first kappa shape index (κ1) is 10.0. The quantitative estimate of drug-likeness (QED) is 0.635. The molecule has 0 bridgehead atoms. The van der Waals surface area contributed by atoms with Crippen LogP contribution in [0.1, 0.15) is 51.9 Å². The van der Waals surface area contributed by atoms with E-state index in [-0.39, 0.29) is 5.60 Å². The van der Waals surface area contributed by atoms with Gasteiger partial charge < -0.3 is 4.74 Å². The summed E-state index contributed by atoms with van der Waals surface area (Å²) < 4.78 is 5.36. The van der Waals surface area contributed by atoms with Gasteiger partial charge in [0.05, 0.1) is 0 Å². The highest BCUT2D eigenvalue weighted by Gasteiger charge is 2.44. The zero-order chi connectivity index (χ0) is 10.0. The summed E-state index contributed by atoms with van der Waals surface area (Å²) in [7, 11) is 0. The number of carbonyl (C=O) groups excluding carboxylic acids is 1. The summed E-state index contributed by atoms with van der Waals surface area (Å²) in [5, 5.41) is 0. The summed E-state index contributed by atoms with van der Waals surface area (Å²) >= 11 is 0. The van der Waals surface area contributed by atoms with Crippen molar-refractivity contribution in [1.82, 2.24) is 0 Å². The van der Waals surface area contributed by atoms with E-state index in [0.29, 0.717) is 12.4 Å². The second-order valence-corrected chi connectivity index (χ2v) is 5.07. The third-order valence-corrected chi connectivity index (χ3v) is 4.26. The van der Waals surface area contributed by atoms with Crippen molar-refractivity contribution in [3.05, 3.63) is 0 Å². The SMILES string of the molecule is CC1(OC=O)CCCC2CCCCC21. The molecule has 0 N–H and O–H groups in total. The first-order valence-corrected chi connectivity index (χ1v) is 5.88. The summed E-state index contributed by atoms with van der Waals surface area (Å²) in [5.41, 5.74) is -0.148. The van der Waals surface area contributed by atoms with Crippen LogP contribution >= 0.6 is 0 Å². The molecule has 0 spiro atoms. The van der Waals surface area contributed by atoms with E-state index in [4.69, 9.17) is 4.74 Å². The van der Waals surface area contributed by atoms with Crippen LogP contribution in [0.4, 0.5) is 0 Å². The topological polar surface area (TPSA) is 26.3 Å². The molecule has 0 saturated heterocycles. The summed E-state index contributed by atoms with van der Waals surface area (Å²) in [6.45, 7) is 2.78. The van der Waals surface area contributed by atoms with Crippen molar-refractivity contribution in [3.8, 4) is 0 Å². The Morgan fingerprint density at radius 1 is 1.21 bits per heavy atom. The Morgan fingerprint density at radius 2 is 1.93 bits per heavy atom. The molecule has 0 heterocycles. The molecule has 2 nitrogen and oxygen atoms in total. The largest absolute Gasteiger partial charge is 0.461 e. The van der Waals surface area contributed by atoms with Crippen LogP contribution in [-0.4, -0.2) is 12.1 Å². The first-order valence-electron chi connectivity index (χ1n) is 5.88. The van der Waals surface area contributed by atoms with Gasteiger partial charge >= 0.3 is 0 Å². The summed E-state index contributed by atoms with van der Waals surface area (Å²) in [6.07, 6.45) is 8.94. The highest BCUT2D eigenvalue weighted by molar-refractivity contribution is 5.38. The zero-order valence-electron chi connectivity index (χ0n) is 9.00. The lowest BCUT2D eigenvalue weighted by Gasteiger charge is -2.47. The maximum atomic E-state index is 10.5. The Kier molecular flexibility index (Phi) is 2.80. The average Bonchev–Trinajstić information content (AvgIpc) is 2.19. The molecule has 2 rings (SSSR count). The van der Waals surface area contributed by atoms with Gasteiger partial charge in [-0.15, -0.1) is 0 Å². The van der Waals surface area contributed by atoms with Gasteiger partial charge in [-0.05, 0) is 38.5 Å². The normalized spacial score (nSPS) is 42.6. The van der Waals surface area contributed by atoms with Crippen molar-refractivity contribution in [2.75, 3.05) is 0 Å². The molecule has 0 aromatic rings. The zero-order valence-corrected chi connectivity index (χ0v) is 9.00. The van der Waals surface area contributed by atoms with E-state index >= 15 is 0 Å². The fourth-order valence-corrected chi connectivity index (χ4v) is 3.51. The molecule has 2 saturated carbocycles. The van der Waals surface area contributed by atoms with Crippen molar-refractivity contribution >= 4 is 6.47 Å². The van der Waals surface area contributed by atoms with E-state index in [1.807, 2.05) is 0 Å². The molecule has 2 aliphatic rings. The molecular formula is C12H20O2. The van der Waals surface area contributed by atoms with Crippen LogP contribution in [0, 0.1) is 11.8 Å². The van der Waals surface area contributed by atoms with Gasteiger partial charge in [-0.25, -0.2) is 0 Å². The van der Waals surface area contributed by atoms with Gasteiger partial charge in [0.25, 0.3) is 6.47 Å². The van der Waals surface area contributed by atoms with Gasteiger partial charge in [0.2, 0.25) is 0 Å². The van der Waals surface area contributed by atoms with Crippen LogP contribution in [0.3, 0.4) is 0 Å². The lowest BCUT2D eigenvalue weighted by molar-refractivity contribution is -0.158. The number of ether oxygens (including phenoxy) is 1. The summed E-state index contributed by atoms with van der Waals surface area (Å²) in [4.78, 5) is 10.5. The van der Waals surface area contributed by atoms with Crippen molar-refractivity contribution in [1.29, 1.82) is 0 Å². The maximum Gasteiger partial charge on any atom is 0.293 e. The van der Waals surface area contributed by atoms with E-state index < -0.39 is 0 Å². The molecule has 0 aromatic carbocycles. The predicted octanol–water partition coefficient (Wildman–Crippen LogP) is 2.91. The highest BCUT2D eigenvalue weighted by Crippen LogP contribution is 2.47. The van der Waals surface area contributed by atoms with Crippen molar-refractivity contribution in [2.45, 2.75) is 57.5 Å². The van der Waals surface area contributed by atoms with E-state index in [1.165, 1.54) is 38.5 Å². The van der Waals surface area contributed by atoms with E-state index in [9.17, 15) is 4.79 Å². The van der Waals surface area contributed by atoms with E-state index in [2.05, 4.69) is 6.92 Å². The molecule has 3 unspecified atom stereocenters. The van der Waals surface area contributed by atoms with E-state index in [1.54, 1.807) is 0 Å². The number of rotatable bonds is 2. The van der Waals surface area contributed by atoms with Crippen molar-refractivity contribution in [3.63, 3.8) is 0 Å².